The Bertz CT molecular complexity index is 957. The lowest BCUT2D eigenvalue weighted by atomic mass is 9.87. The van der Waals surface area contributed by atoms with Crippen LogP contribution in [0.4, 0.5) is 0 Å². The summed E-state index contributed by atoms with van der Waals surface area (Å²) in [6.45, 7) is 3.94. The zero-order chi connectivity index (χ0) is 17.3. The molecular weight excluding hydrogens is 320 g/mol. The number of rotatable bonds is 0. The molecule has 0 saturated heterocycles. The highest BCUT2D eigenvalue weighted by Gasteiger charge is 2.47. The van der Waals surface area contributed by atoms with Gasteiger partial charge in [-0.15, -0.1) is 0 Å². The summed E-state index contributed by atoms with van der Waals surface area (Å²) in [5.41, 5.74) is 1.90. The average Bonchev–Trinajstić information content (AvgIpc) is 2.92. The summed E-state index contributed by atoms with van der Waals surface area (Å²) in [5.74, 6) is 0.929. The summed E-state index contributed by atoms with van der Waals surface area (Å²) in [7, 11) is 0. The standard InChI is InChI=1S/C20H16O5/c1-20(2)8-7-12-14(25-20)6-5-13-17(12)24-19(22)16-11-4-3-10(21)9-15(11)23-18(13)16/h3-9,16,18,21H,1-2H3. The molecular formula is C20H16O5. The van der Waals surface area contributed by atoms with Gasteiger partial charge in [-0.2, -0.15) is 0 Å². The molecule has 0 aromatic heterocycles. The third kappa shape index (κ3) is 1.98. The number of benzene rings is 2. The number of hydrogen-bond acceptors (Lipinski definition) is 5. The molecule has 0 radical (unpaired) electrons. The largest absolute Gasteiger partial charge is 0.508 e. The van der Waals surface area contributed by atoms with Gasteiger partial charge in [0.2, 0.25) is 0 Å². The molecule has 2 aromatic carbocycles. The minimum Gasteiger partial charge on any atom is -0.508 e. The second kappa shape index (κ2) is 4.57. The van der Waals surface area contributed by atoms with Crippen LogP contribution in [0.25, 0.3) is 6.08 Å². The number of esters is 1. The minimum absolute atomic E-state index is 0.106. The fraction of sp³-hybridized carbons (Fsp3) is 0.250. The molecule has 5 rings (SSSR count). The van der Waals surface area contributed by atoms with Gasteiger partial charge in [0.05, 0.1) is 5.56 Å². The van der Waals surface area contributed by atoms with Crippen molar-refractivity contribution in [2.75, 3.05) is 0 Å². The molecule has 3 aliphatic rings. The summed E-state index contributed by atoms with van der Waals surface area (Å²) in [4.78, 5) is 12.7. The van der Waals surface area contributed by atoms with Gasteiger partial charge in [-0.1, -0.05) is 6.07 Å². The molecule has 5 nitrogen and oxygen atoms in total. The highest BCUT2D eigenvalue weighted by molar-refractivity contribution is 5.88. The maximum absolute atomic E-state index is 12.7. The molecule has 0 bridgehead atoms. The number of hydrogen-bond donors (Lipinski definition) is 1. The fourth-order valence-electron chi connectivity index (χ4n) is 3.69. The Kier molecular flexibility index (Phi) is 2.63. The van der Waals surface area contributed by atoms with Crippen molar-refractivity contribution in [1.82, 2.24) is 0 Å². The topological polar surface area (TPSA) is 65.0 Å². The molecule has 25 heavy (non-hydrogen) atoms. The van der Waals surface area contributed by atoms with Crippen molar-refractivity contribution in [2.45, 2.75) is 31.5 Å². The van der Waals surface area contributed by atoms with Crippen LogP contribution in [0.2, 0.25) is 0 Å². The van der Waals surface area contributed by atoms with Gasteiger partial charge in [0, 0.05) is 17.2 Å². The molecule has 3 aliphatic heterocycles. The Morgan fingerprint density at radius 2 is 1.88 bits per heavy atom. The van der Waals surface area contributed by atoms with Crippen molar-refractivity contribution in [3.63, 3.8) is 0 Å². The molecule has 2 unspecified atom stereocenters. The second-order valence-electron chi connectivity index (χ2n) is 7.09. The quantitative estimate of drug-likeness (QED) is 0.587. The van der Waals surface area contributed by atoms with Crippen LogP contribution in [-0.4, -0.2) is 16.7 Å². The van der Waals surface area contributed by atoms with Crippen molar-refractivity contribution < 1.29 is 24.1 Å². The van der Waals surface area contributed by atoms with Crippen LogP contribution in [0, 0.1) is 0 Å². The normalized spacial score (nSPS) is 24.2. The molecule has 1 N–H and O–H groups in total. The fourth-order valence-corrected chi connectivity index (χ4v) is 3.69. The van der Waals surface area contributed by atoms with Crippen LogP contribution in [0.5, 0.6) is 23.0 Å². The average molecular weight is 336 g/mol. The third-order valence-corrected chi connectivity index (χ3v) is 4.86. The van der Waals surface area contributed by atoms with E-state index in [4.69, 9.17) is 14.2 Å². The first-order chi connectivity index (χ1) is 11.9. The lowest BCUT2D eigenvalue weighted by Gasteiger charge is -2.32. The van der Waals surface area contributed by atoms with Crippen LogP contribution in [0.1, 0.15) is 42.6 Å². The number of fused-ring (bicyclic) bond motifs is 7. The molecule has 0 saturated carbocycles. The number of carbonyl (C=O) groups is 1. The van der Waals surface area contributed by atoms with Gasteiger partial charge in [-0.25, -0.2) is 0 Å². The lowest BCUT2D eigenvalue weighted by molar-refractivity contribution is -0.139. The summed E-state index contributed by atoms with van der Waals surface area (Å²) >= 11 is 0. The van der Waals surface area contributed by atoms with Gasteiger partial charge in [-0.3, -0.25) is 4.79 Å². The summed E-state index contributed by atoms with van der Waals surface area (Å²) in [5, 5.41) is 9.68. The Hall–Kier alpha value is -2.95. The maximum atomic E-state index is 12.7. The van der Waals surface area contributed by atoms with Crippen LogP contribution in [0.15, 0.2) is 36.4 Å². The van der Waals surface area contributed by atoms with Crippen molar-refractivity contribution in [2.24, 2.45) is 0 Å². The molecule has 0 fully saturated rings. The van der Waals surface area contributed by atoms with Crippen molar-refractivity contribution in [3.8, 4) is 23.0 Å². The number of aromatic hydroxyl groups is 1. The third-order valence-electron chi connectivity index (χ3n) is 4.86. The van der Waals surface area contributed by atoms with Gasteiger partial charge in [-0.05, 0) is 44.2 Å². The van der Waals surface area contributed by atoms with E-state index in [0.29, 0.717) is 17.2 Å². The molecule has 0 amide bonds. The van der Waals surface area contributed by atoms with Gasteiger partial charge < -0.3 is 19.3 Å². The van der Waals surface area contributed by atoms with Crippen molar-refractivity contribution in [3.05, 3.63) is 53.1 Å². The first-order valence-electron chi connectivity index (χ1n) is 8.19. The van der Waals surface area contributed by atoms with E-state index in [1.165, 1.54) is 6.07 Å². The number of phenolic OH excluding ortho intramolecular Hbond substituents is 1. The van der Waals surface area contributed by atoms with E-state index in [1.807, 2.05) is 38.1 Å². The number of phenols is 1. The van der Waals surface area contributed by atoms with E-state index in [2.05, 4.69) is 0 Å². The van der Waals surface area contributed by atoms with Gasteiger partial charge in [0.25, 0.3) is 0 Å². The van der Waals surface area contributed by atoms with E-state index in [0.717, 1.165) is 16.7 Å². The first kappa shape index (κ1) is 14.4. The Balaban J connectivity index is 1.65. The lowest BCUT2D eigenvalue weighted by Crippen LogP contribution is -2.31. The van der Waals surface area contributed by atoms with E-state index >= 15 is 0 Å². The number of ether oxygens (including phenoxy) is 3. The highest BCUT2D eigenvalue weighted by atomic mass is 16.6. The van der Waals surface area contributed by atoms with Crippen LogP contribution in [-0.2, 0) is 4.79 Å². The zero-order valence-corrected chi connectivity index (χ0v) is 13.8. The zero-order valence-electron chi connectivity index (χ0n) is 13.8. The highest BCUT2D eigenvalue weighted by Crippen LogP contribution is 2.54. The number of carbonyl (C=O) groups excluding carboxylic acids is 1. The first-order valence-corrected chi connectivity index (χ1v) is 8.19. The van der Waals surface area contributed by atoms with Crippen LogP contribution in [0.3, 0.4) is 0 Å². The molecule has 2 atom stereocenters. The summed E-state index contributed by atoms with van der Waals surface area (Å²) in [6.07, 6.45) is 3.42. The van der Waals surface area contributed by atoms with Gasteiger partial charge >= 0.3 is 5.97 Å². The molecule has 0 aliphatic carbocycles. The molecule has 5 heteroatoms. The van der Waals surface area contributed by atoms with E-state index in [1.54, 1.807) is 12.1 Å². The predicted molar refractivity (Wildman–Crippen MR) is 90.0 cm³/mol. The molecule has 3 heterocycles. The Morgan fingerprint density at radius 1 is 1.08 bits per heavy atom. The molecule has 126 valence electrons. The van der Waals surface area contributed by atoms with E-state index in [-0.39, 0.29) is 11.7 Å². The minimum atomic E-state index is -0.522. The van der Waals surface area contributed by atoms with Crippen LogP contribution >= 0.6 is 0 Å². The van der Waals surface area contributed by atoms with E-state index in [9.17, 15) is 9.90 Å². The van der Waals surface area contributed by atoms with Gasteiger partial charge in [0.15, 0.2) is 0 Å². The molecule has 0 spiro atoms. The van der Waals surface area contributed by atoms with Crippen molar-refractivity contribution in [1.29, 1.82) is 0 Å². The second-order valence-corrected chi connectivity index (χ2v) is 7.09. The SMILES string of the molecule is CC1(C)C=Cc2c(ccc3c2OC(=O)C2c4ccc(O)cc4OC32)O1. The monoisotopic (exact) mass is 336 g/mol. The van der Waals surface area contributed by atoms with Crippen LogP contribution < -0.4 is 14.2 Å². The summed E-state index contributed by atoms with van der Waals surface area (Å²) in [6, 6.07) is 8.58. The Morgan fingerprint density at radius 3 is 2.72 bits per heavy atom. The summed E-state index contributed by atoms with van der Waals surface area (Å²) < 4.78 is 17.6. The van der Waals surface area contributed by atoms with E-state index < -0.39 is 17.6 Å². The predicted octanol–water partition coefficient (Wildman–Crippen LogP) is 3.71. The maximum Gasteiger partial charge on any atom is 0.323 e. The van der Waals surface area contributed by atoms with Crippen molar-refractivity contribution >= 4 is 12.0 Å². The Labute approximate surface area is 144 Å². The smallest absolute Gasteiger partial charge is 0.323 e. The molecule has 2 aromatic rings. The van der Waals surface area contributed by atoms with Gasteiger partial charge in [0.1, 0.15) is 40.6 Å².